The fourth-order valence-electron chi connectivity index (χ4n) is 4.51. The van der Waals surface area contributed by atoms with E-state index in [4.69, 9.17) is 0 Å². The molecule has 2 atom stereocenters. The van der Waals surface area contributed by atoms with Gasteiger partial charge in [0.25, 0.3) is 5.91 Å². The van der Waals surface area contributed by atoms with Crippen LogP contribution in [0.4, 0.5) is 10.7 Å². The second-order valence-electron chi connectivity index (χ2n) is 8.21. The summed E-state index contributed by atoms with van der Waals surface area (Å²) in [5.41, 5.74) is 3.36. The highest BCUT2D eigenvalue weighted by atomic mass is 32.1. The number of anilines is 2. The summed E-state index contributed by atoms with van der Waals surface area (Å²) in [6.45, 7) is 1.99. The van der Waals surface area contributed by atoms with Crippen LogP contribution in [0.25, 0.3) is 0 Å². The molecule has 2 aromatic rings. The third kappa shape index (κ3) is 4.12. The van der Waals surface area contributed by atoms with Gasteiger partial charge >= 0.3 is 5.97 Å². The summed E-state index contributed by atoms with van der Waals surface area (Å²) in [7, 11) is 0. The predicted octanol–water partition coefficient (Wildman–Crippen LogP) is 4.63. The van der Waals surface area contributed by atoms with Crippen molar-refractivity contribution in [3.63, 3.8) is 0 Å². The first-order valence-corrected chi connectivity index (χ1v) is 11.3. The van der Waals surface area contributed by atoms with Crippen LogP contribution in [0, 0.1) is 18.8 Å². The van der Waals surface area contributed by atoms with Crippen molar-refractivity contribution in [3.05, 3.63) is 45.8 Å². The summed E-state index contributed by atoms with van der Waals surface area (Å²) in [6.07, 6.45) is 5.50. The maximum atomic E-state index is 13.1. The highest BCUT2D eigenvalue weighted by Gasteiger charge is 2.37. The van der Waals surface area contributed by atoms with E-state index in [-0.39, 0.29) is 11.8 Å². The number of carbonyl (C=O) groups is 3. The largest absolute Gasteiger partial charge is 0.481 e. The molecule has 1 saturated carbocycles. The van der Waals surface area contributed by atoms with Crippen LogP contribution in [0.3, 0.4) is 0 Å². The average molecular weight is 427 g/mol. The second-order valence-corrected chi connectivity index (χ2v) is 9.31. The normalized spacial score (nSPS) is 20.4. The van der Waals surface area contributed by atoms with Crippen LogP contribution in [-0.4, -0.2) is 22.9 Å². The summed E-state index contributed by atoms with van der Waals surface area (Å²) in [5.74, 6) is -2.64. The van der Waals surface area contributed by atoms with E-state index in [9.17, 15) is 19.5 Å². The van der Waals surface area contributed by atoms with E-state index >= 15 is 0 Å². The maximum Gasteiger partial charge on any atom is 0.307 e. The van der Waals surface area contributed by atoms with Crippen LogP contribution in [-0.2, 0) is 22.4 Å². The molecular formula is C23H26N2O4S. The summed E-state index contributed by atoms with van der Waals surface area (Å²) in [4.78, 5) is 38.8. The van der Waals surface area contributed by atoms with Crippen LogP contribution in [0.15, 0.2) is 24.3 Å². The maximum absolute atomic E-state index is 13.1. The van der Waals surface area contributed by atoms with Gasteiger partial charge in [0.1, 0.15) is 5.00 Å². The van der Waals surface area contributed by atoms with Crippen molar-refractivity contribution in [1.29, 1.82) is 0 Å². The zero-order valence-corrected chi connectivity index (χ0v) is 17.8. The zero-order valence-electron chi connectivity index (χ0n) is 17.0. The van der Waals surface area contributed by atoms with Gasteiger partial charge in [0.15, 0.2) is 0 Å². The lowest BCUT2D eigenvalue weighted by molar-refractivity contribution is -0.147. The molecule has 30 heavy (non-hydrogen) atoms. The molecule has 1 aromatic carbocycles. The van der Waals surface area contributed by atoms with Gasteiger partial charge in [0.05, 0.1) is 17.4 Å². The Morgan fingerprint density at radius 3 is 2.37 bits per heavy atom. The van der Waals surface area contributed by atoms with Gasteiger partial charge in [-0.25, -0.2) is 0 Å². The van der Waals surface area contributed by atoms with E-state index in [0.29, 0.717) is 29.1 Å². The molecule has 2 aliphatic carbocycles. The lowest BCUT2D eigenvalue weighted by Crippen LogP contribution is -2.36. The van der Waals surface area contributed by atoms with Crippen molar-refractivity contribution in [1.82, 2.24) is 0 Å². The zero-order chi connectivity index (χ0) is 21.3. The molecule has 1 heterocycles. The molecule has 158 valence electrons. The molecule has 3 N–H and O–H groups in total. The Balaban J connectivity index is 1.58. The number of thiophene rings is 1. The Kier molecular flexibility index (Phi) is 5.90. The number of carboxylic acid groups (broad SMARTS) is 1. The molecule has 2 unspecified atom stereocenters. The summed E-state index contributed by atoms with van der Waals surface area (Å²) < 4.78 is 0. The minimum absolute atomic E-state index is 0.230. The van der Waals surface area contributed by atoms with Gasteiger partial charge in [0.2, 0.25) is 5.91 Å². The van der Waals surface area contributed by atoms with Gasteiger partial charge in [0, 0.05) is 10.6 Å². The number of fused-ring (bicyclic) bond motifs is 1. The number of hydrogen-bond acceptors (Lipinski definition) is 4. The van der Waals surface area contributed by atoms with E-state index in [1.54, 1.807) is 0 Å². The summed E-state index contributed by atoms with van der Waals surface area (Å²) in [6, 6.07) is 7.59. The summed E-state index contributed by atoms with van der Waals surface area (Å²) in [5, 5.41) is 15.9. The lowest BCUT2D eigenvalue weighted by Gasteiger charge is -2.27. The highest BCUT2D eigenvalue weighted by Crippen LogP contribution is 2.40. The van der Waals surface area contributed by atoms with Gasteiger partial charge in [-0.3, -0.25) is 14.4 Å². The molecule has 0 aliphatic heterocycles. The monoisotopic (exact) mass is 426 g/mol. The van der Waals surface area contributed by atoms with Crippen molar-refractivity contribution in [2.75, 3.05) is 10.6 Å². The van der Waals surface area contributed by atoms with E-state index in [1.165, 1.54) is 11.3 Å². The number of nitrogens with one attached hydrogen (secondary N) is 2. The topological polar surface area (TPSA) is 95.5 Å². The number of aliphatic carboxylic acids is 1. The fraction of sp³-hybridized carbons (Fsp3) is 0.435. The number of carboxylic acids is 1. The molecule has 0 saturated heterocycles. The molecule has 0 bridgehead atoms. The van der Waals surface area contributed by atoms with Crippen LogP contribution >= 0.6 is 11.3 Å². The van der Waals surface area contributed by atoms with Crippen LogP contribution < -0.4 is 10.6 Å². The van der Waals surface area contributed by atoms with Gasteiger partial charge in [-0.15, -0.1) is 11.3 Å². The van der Waals surface area contributed by atoms with E-state index in [0.717, 1.165) is 48.1 Å². The lowest BCUT2D eigenvalue weighted by atomic mass is 9.79. The van der Waals surface area contributed by atoms with Crippen molar-refractivity contribution >= 4 is 39.8 Å². The minimum Gasteiger partial charge on any atom is -0.481 e. The first-order valence-electron chi connectivity index (χ1n) is 10.5. The number of amides is 2. The quantitative estimate of drug-likeness (QED) is 0.650. The van der Waals surface area contributed by atoms with Gasteiger partial charge < -0.3 is 15.7 Å². The molecule has 0 spiro atoms. The van der Waals surface area contributed by atoms with Crippen LogP contribution in [0.2, 0.25) is 0 Å². The Morgan fingerprint density at radius 2 is 1.67 bits per heavy atom. The standard InChI is InChI=1S/C23H26N2O4S/c1-13-9-11-14(12-10-13)24-21(27)19-17-7-4-8-18(17)30-22(19)25-20(26)15-5-2-3-6-16(15)23(28)29/h9-12,15-16H,2-8H2,1H3,(H,24,27)(H,25,26)(H,28,29). The minimum atomic E-state index is -0.916. The van der Waals surface area contributed by atoms with E-state index in [2.05, 4.69) is 10.6 Å². The van der Waals surface area contributed by atoms with Crippen molar-refractivity contribution in [3.8, 4) is 0 Å². The third-order valence-electron chi connectivity index (χ3n) is 6.11. The smallest absolute Gasteiger partial charge is 0.307 e. The second kappa shape index (κ2) is 8.60. The molecule has 7 heteroatoms. The molecule has 1 aromatic heterocycles. The van der Waals surface area contributed by atoms with Crippen molar-refractivity contribution < 1.29 is 19.5 Å². The Labute approximate surface area is 179 Å². The molecule has 2 amide bonds. The average Bonchev–Trinajstić information content (AvgIpc) is 3.30. The highest BCUT2D eigenvalue weighted by molar-refractivity contribution is 7.17. The molecule has 0 radical (unpaired) electrons. The molecule has 1 fully saturated rings. The fourth-order valence-corrected chi connectivity index (χ4v) is 5.80. The number of carbonyl (C=O) groups excluding carboxylic acids is 2. The number of hydrogen-bond donors (Lipinski definition) is 3. The SMILES string of the molecule is Cc1ccc(NC(=O)c2c(NC(=O)C3CCCCC3C(=O)O)sc3c2CCC3)cc1. The Bertz CT molecular complexity index is 980. The number of aryl methyl sites for hydroxylation is 2. The Morgan fingerprint density at radius 1 is 0.967 bits per heavy atom. The van der Waals surface area contributed by atoms with Gasteiger partial charge in [-0.2, -0.15) is 0 Å². The first-order chi connectivity index (χ1) is 14.4. The first kappa shape index (κ1) is 20.6. The number of rotatable bonds is 5. The van der Waals surface area contributed by atoms with E-state index in [1.807, 2.05) is 31.2 Å². The molecular weight excluding hydrogens is 400 g/mol. The molecule has 6 nitrogen and oxygen atoms in total. The molecule has 2 aliphatic rings. The van der Waals surface area contributed by atoms with Crippen LogP contribution in [0.1, 0.15) is 58.5 Å². The Hall–Kier alpha value is -2.67. The van der Waals surface area contributed by atoms with Crippen molar-refractivity contribution in [2.45, 2.75) is 51.9 Å². The van der Waals surface area contributed by atoms with E-state index < -0.39 is 17.8 Å². The predicted molar refractivity (Wildman–Crippen MR) is 117 cm³/mol. The van der Waals surface area contributed by atoms with Gasteiger partial charge in [-0.05, 0) is 56.7 Å². The van der Waals surface area contributed by atoms with Gasteiger partial charge in [-0.1, -0.05) is 30.5 Å². The van der Waals surface area contributed by atoms with Crippen LogP contribution in [0.5, 0.6) is 0 Å². The van der Waals surface area contributed by atoms with Crippen molar-refractivity contribution in [2.24, 2.45) is 11.8 Å². The summed E-state index contributed by atoms with van der Waals surface area (Å²) >= 11 is 1.45. The third-order valence-corrected chi connectivity index (χ3v) is 7.32. The number of benzene rings is 1. The molecule has 4 rings (SSSR count).